The maximum Gasteiger partial charge on any atom is 0.352 e. The number of carbonyl (C=O) groups excluding carboxylic acids is 1. The molecule has 7 nitrogen and oxygen atoms in total. The number of carboxylic acids is 1. The van der Waals surface area contributed by atoms with Crippen molar-refractivity contribution >= 4 is 39.8 Å². The molecule has 4 N–H and O–H groups in total. The van der Waals surface area contributed by atoms with E-state index in [0.717, 1.165) is 6.42 Å². The van der Waals surface area contributed by atoms with Gasteiger partial charge in [-0.25, -0.2) is 9.18 Å². The molecule has 146 valence electrons. The second kappa shape index (κ2) is 7.99. The predicted octanol–water partition coefficient (Wildman–Crippen LogP) is 4.50. The molecule has 0 atom stereocenters. The van der Waals surface area contributed by atoms with Crippen LogP contribution in [0.3, 0.4) is 0 Å². The van der Waals surface area contributed by atoms with E-state index in [2.05, 4.69) is 15.6 Å². The summed E-state index contributed by atoms with van der Waals surface area (Å²) >= 11 is 0. The van der Waals surface area contributed by atoms with Gasteiger partial charge in [-0.15, -0.1) is 0 Å². The predicted molar refractivity (Wildman–Crippen MR) is 105 cm³/mol. The molecule has 0 fully saturated rings. The van der Waals surface area contributed by atoms with E-state index in [-0.39, 0.29) is 17.4 Å². The average Bonchev–Trinajstić information content (AvgIpc) is 3.06. The number of H-pyrrole nitrogens is 1. The molecule has 0 aliphatic heterocycles. The lowest BCUT2D eigenvalue weighted by molar-refractivity contribution is -0.114. The zero-order chi connectivity index (χ0) is 20.3. The van der Waals surface area contributed by atoms with Gasteiger partial charge in [0, 0.05) is 29.8 Å². The Labute approximate surface area is 160 Å². The van der Waals surface area contributed by atoms with Crippen molar-refractivity contribution in [3.8, 4) is 5.75 Å². The van der Waals surface area contributed by atoms with Gasteiger partial charge in [-0.05, 0) is 36.8 Å². The minimum absolute atomic E-state index is 0.0177. The van der Waals surface area contributed by atoms with Crippen LogP contribution in [0, 0.1) is 5.82 Å². The first-order valence-electron chi connectivity index (χ1n) is 8.74. The van der Waals surface area contributed by atoms with E-state index in [4.69, 9.17) is 4.74 Å². The molecule has 0 unspecified atom stereocenters. The standard InChI is InChI=1S/C20H20FN3O4/c1-3-6-28-19-9-12(4-5-15(19)21)23-16-7-13(22-11(2)25)8-17-14(16)10-18(24-17)20(26)27/h4-5,7-10,23-24H,3,6H2,1-2H3,(H,22,25)(H,26,27). The van der Waals surface area contributed by atoms with E-state index < -0.39 is 11.8 Å². The minimum Gasteiger partial charge on any atom is -0.490 e. The first kappa shape index (κ1) is 19.2. The number of fused-ring (bicyclic) bond motifs is 1. The molecule has 28 heavy (non-hydrogen) atoms. The van der Waals surface area contributed by atoms with Gasteiger partial charge in [0.05, 0.1) is 17.8 Å². The fourth-order valence-electron chi connectivity index (χ4n) is 2.79. The third kappa shape index (κ3) is 4.22. The molecule has 1 amide bonds. The number of benzene rings is 2. The van der Waals surface area contributed by atoms with E-state index in [1.165, 1.54) is 25.1 Å². The number of aromatic carboxylic acids is 1. The van der Waals surface area contributed by atoms with Gasteiger partial charge in [-0.2, -0.15) is 0 Å². The van der Waals surface area contributed by atoms with E-state index in [1.54, 1.807) is 18.2 Å². The quantitative estimate of drug-likeness (QED) is 0.480. The molecule has 0 spiro atoms. The Balaban J connectivity index is 2.03. The number of aromatic amines is 1. The van der Waals surface area contributed by atoms with Crippen molar-refractivity contribution in [2.24, 2.45) is 0 Å². The van der Waals surface area contributed by atoms with Crippen molar-refractivity contribution in [2.45, 2.75) is 20.3 Å². The van der Waals surface area contributed by atoms with Crippen LogP contribution in [0.15, 0.2) is 36.4 Å². The number of aromatic nitrogens is 1. The summed E-state index contributed by atoms with van der Waals surface area (Å²) in [6, 6.07) is 9.20. The molecule has 0 saturated carbocycles. The number of carboxylic acid groups (broad SMARTS) is 1. The van der Waals surface area contributed by atoms with Crippen molar-refractivity contribution in [3.63, 3.8) is 0 Å². The van der Waals surface area contributed by atoms with Gasteiger partial charge < -0.3 is 25.5 Å². The third-order valence-corrected chi connectivity index (χ3v) is 3.96. The number of amides is 1. The van der Waals surface area contributed by atoms with Crippen molar-refractivity contribution in [2.75, 3.05) is 17.2 Å². The van der Waals surface area contributed by atoms with E-state index in [9.17, 15) is 19.1 Å². The second-order valence-electron chi connectivity index (χ2n) is 6.27. The number of anilines is 3. The monoisotopic (exact) mass is 385 g/mol. The molecule has 8 heteroatoms. The Kier molecular flexibility index (Phi) is 5.49. The molecular formula is C20H20FN3O4. The van der Waals surface area contributed by atoms with Crippen molar-refractivity contribution < 1.29 is 23.8 Å². The van der Waals surface area contributed by atoms with Crippen LogP contribution in [0.2, 0.25) is 0 Å². The highest BCUT2D eigenvalue weighted by Gasteiger charge is 2.14. The van der Waals surface area contributed by atoms with Crippen molar-refractivity contribution in [1.82, 2.24) is 4.98 Å². The van der Waals surface area contributed by atoms with Gasteiger partial charge in [0.25, 0.3) is 0 Å². The Morgan fingerprint density at radius 3 is 2.64 bits per heavy atom. The lowest BCUT2D eigenvalue weighted by atomic mass is 10.1. The number of rotatable bonds is 7. The zero-order valence-corrected chi connectivity index (χ0v) is 15.4. The maximum atomic E-state index is 13.9. The number of hydrogen-bond acceptors (Lipinski definition) is 4. The first-order chi connectivity index (χ1) is 13.4. The summed E-state index contributed by atoms with van der Waals surface area (Å²) < 4.78 is 19.3. The van der Waals surface area contributed by atoms with Gasteiger partial charge in [-0.3, -0.25) is 4.79 Å². The normalized spacial score (nSPS) is 10.7. The Bertz CT molecular complexity index is 1050. The summed E-state index contributed by atoms with van der Waals surface area (Å²) in [7, 11) is 0. The van der Waals surface area contributed by atoms with Gasteiger partial charge in [0.15, 0.2) is 11.6 Å². The fraction of sp³-hybridized carbons (Fsp3) is 0.200. The van der Waals surface area contributed by atoms with Crippen LogP contribution in [-0.2, 0) is 4.79 Å². The largest absolute Gasteiger partial charge is 0.490 e. The highest BCUT2D eigenvalue weighted by atomic mass is 19.1. The molecule has 0 aliphatic rings. The van der Waals surface area contributed by atoms with Crippen LogP contribution in [0.5, 0.6) is 5.75 Å². The Hall–Kier alpha value is -3.55. The summed E-state index contributed by atoms with van der Waals surface area (Å²) in [6.45, 7) is 3.70. The molecule has 0 aliphatic carbocycles. The second-order valence-corrected chi connectivity index (χ2v) is 6.27. The highest BCUT2D eigenvalue weighted by Crippen LogP contribution is 2.32. The summed E-state index contributed by atoms with van der Waals surface area (Å²) in [5.41, 5.74) is 2.16. The van der Waals surface area contributed by atoms with Crippen molar-refractivity contribution in [3.05, 3.63) is 47.9 Å². The Morgan fingerprint density at radius 2 is 1.96 bits per heavy atom. The zero-order valence-electron chi connectivity index (χ0n) is 15.4. The molecule has 0 bridgehead atoms. The Morgan fingerprint density at radius 1 is 1.18 bits per heavy atom. The molecule has 1 heterocycles. The van der Waals surface area contributed by atoms with Crippen molar-refractivity contribution in [1.29, 1.82) is 0 Å². The number of nitrogens with one attached hydrogen (secondary N) is 3. The van der Waals surface area contributed by atoms with Crippen LogP contribution < -0.4 is 15.4 Å². The summed E-state index contributed by atoms with van der Waals surface area (Å²) in [5, 5.41) is 15.7. The molecule has 3 aromatic rings. The van der Waals surface area contributed by atoms with Gasteiger partial charge in [-0.1, -0.05) is 6.92 Å². The van der Waals surface area contributed by atoms with Crippen LogP contribution in [0.1, 0.15) is 30.8 Å². The topological polar surface area (TPSA) is 103 Å². The van der Waals surface area contributed by atoms with Crippen LogP contribution >= 0.6 is 0 Å². The molecule has 1 aromatic heterocycles. The van der Waals surface area contributed by atoms with Gasteiger partial charge in [0.2, 0.25) is 5.91 Å². The maximum absolute atomic E-state index is 13.9. The highest BCUT2D eigenvalue weighted by molar-refractivity contribution is 6.03. The van der Waals surface area contributed by atoms with Crippen LogP contribution in [-0.4, -0.2) is 28.6 Å². The number of ether oxygens (including phenoxy) is 1. The van der Waals surface area contributed by atoms with E-state index >= 15 is 0 Å². The third-order valence-electron chi connectivity index (χ3n) is 3.96. The average molecular weight is 385 g/mol. The molecule has 0 saturated heterocycles. The number of carbonyl (C=O) groups is 2. The number of hydrogen-bond donors (Lipinski definition) is 4. The summed E-state index contributed by atoms with van der Waals surface area (Å²) in [4.78, 5) is 25.5. The van der Waals surface area contributed by atoms with Gasteiger partial charge in [0.1, 0.15) is 5.69 Å². The van der Waals surface area contributed by atoms with E-state index in [0.29, 0.717) is 34.6 Å². The van der Waals surface area contributed by atoms with Crippen LogP contribution in [0.25, 0.3) is 10.9 Å². The molecular weight excluding hydrogens is 365 g/mol. The van der Waals surface area contributed by atoms with Crippen LogP contribution in [0.4, 0.5) is 21.5 Å². The first-order valence-corrected chi connectivity index (χ1v) is 8.74. The molecule has 3 rings (SSSR count). The summed E-state index contributed by atoms with van der Waals surface area (Å²) in [6.07, 6.45) is 0.748. The SMILES string of the molecule is CCCOc1cc(Nc2cc(NC(C)=O)cc3[nH]c(C(=O)O)cc23)ccc1F. The molecule has 0 radical (unpaired) electrons. The molecule has 2 aromatic carbocycles. The lowest BCUT2D eigenvalue weighted by Crippen LogP contribution is -2.06. The van der Waals surface area contributed by atoms with E-state index in [1.807, 2.05) is 6.92 Å². The fourth-order valence-corrected chi connectivity index (χ4v) is 2.79. The summed E-state index contributed by atoms with van der Waals surface area (Å²) in [5.74, 6) is -1.69. The minimum atomic E-state index is -1.10. The smallest absolute Gasteiger partial charge is 0.352 e. The van der Waals surface area contributed by atoms with Gasteiger partial charge >= 0.3 is 5.97 Å². The number of halogens is 1. The lowest BCUT2D eigenvalue weighted by Gasteiger charge is -2.13.